The van der Waals surface area contributed by atoms with Gasteiger partial charge in [0.05, 0.1) is 25.9 Å². The molecule has 1 saturated heterocycles. The Morgan fingerprint density at radius 2 is 1.96 bits per heavy atom. The Hall–Kier alpha value is -0.970. The van der Waals surface area contributed by atoms with Crippen molar-refractivity contribution in [1.29, 1.82) is 0 Å². The molecule has 0 saturated carbocycles. The summed E-state index contributed by atoms with van der Waals surface area (Å²) in [6.45, 7) is 6.37. The van der Waals surface area contributed by atoms with E-state index in [1.54, 1.807) is 26.3 Å². The monoisotopic (exact) mass is 509 g/mol. The number of hydrogen-bond acceptors (Lipinski definition) is 4. The number of hydrogen-bond donors (Lipinski definition) is 1. The second-order valence-electron chi connectivity index (χ2n) is 6.68. The van der Waals surface area contributed by atoms with Crippen LogP contribution in [0.3, 0.4) is 0 Å². The van der Waals surface area contributed by atoms with Crippen molar-refractivity contribution in [3.05, 3.63) is 35.6 Å². The molecule has 1 aliphatic heterocycles. The Morgan fingerprint density at radius 3 is 2.64 bits per heavy atom. The SMILES string of the molecule is CN=C(NCCCCOCCOC)N1CC(C)OC(c2ccc(F)cc2)C1.I. The number of nitrogens with one attached hydrogen (secondary N) is 1. The summed E-state index contributed by atoms with van der Waals surface area (Å²) in [5.74, 6) is 0.640. The van der Waals surface area contributed by atoms with E-state index in [2.05, 4.69) is 15.2 Å². The number of unbranched alkanes of at least 4 members (excludes halogenated alkanes) is 1. The Balaban J connectivity index is 0.00000392. The first-order valence-electron chi connectivity index (χ1n) is 9.57. The summed E-state index contributed by atoms with van der Waals surface area (Å²) in [5, 5.41) is 3.42. The maximum Gasteiger partial charge on any atom is 0.193 e. The van der Waals surface area contributed by atoms with Crippen molar-refractivity contribution in [2.24, 2.45) is 4.99 Å². The summed E-state index contributed by atoms with van der Waals surface area (Å²) in [6.07, 6.45) is 1.97. The number of halogens is 2. The summed E-state index contributed by atoms with van der Waals surface area (Å²) in [7, 11) is 3.47. The maximum atomic E-state index is 13.2. The van der Waals surface area contributed by atoms with Crippen LogP contribution in [-0.4, -0.2) is 70.6 Å². The molecule has 0 amide bonds. The van der Waals surface area contributed by atoms with E-state index < -0.39 is 0 Å². The van der Waals surface area contributed by atoms with Crippen molar-refractivity contribution in [3.8, 4) is 0 Å². The molecule has 6 nitrogen and oxygen atoms in total. The molecule has 0 aromatic heterocycles. The summed E-state index contributed by atoms with van der Waals surface area (Å²) >= 11 is 0. The van der Waals surface area contributed by atoms with Crippen LogP contribution in [0.2, 0.25) is 0 Å². The Morgan fingerprint density at radius 1 is 1.21 bits per heavy atom. The third kappa shape index (κ3) is 8.59. The fourth-order valence-corrected chi connectivity index (χ4v) is 3.09. The third-order valence-corrected chi connectivity index (χ3v) is 4.44. The van der Waals surface area contributed by atoms with Crippen molar-refractivity contribution in [3.63, 3.8) is 0 Å². The van der Waals surface area contributed by atoms with E-state index in [0.717, 1.165) is 44.1 Å². The van der Waals surface area contributed by atoms with Crippen molar-refractivity contribution in [2.75, 3.05) is 53.6 Å². The lowest BCUT2D eigenvalue weighted by molar-refractivity contribution is -0.0605. The molecule has 2 unspecified atom stereocenters. The number of ether oxygens (including phenoxy) is 3. The van der Waals surface area contributed by atoms with Gasteiger partial charge in [-0.25, -0.2) is 4.39 Å². The van der Waals surface area contributed by atoms with Crippen LogP contribution >= 0.6 is 24.0 Å². The zero-order valence-corrected chi connectivity index (χ0v) is 19.4. The van der Waals surface area contributed by atoms with Gasteiger partial charge in [-0.3, -0.25) is 4.99 Å². The molecule has 0 radical (unpaired) electrons. The summed E-state index contributed by atoms with van der Waals surface area (Å²) in [6, 6.07) is 6.53. The first-order chi connectivity index (χ1) is 13.1. The number of aliphatic imine (C=N–C) groups is 1. The van der Waals surface area contributed by atoms with E-state index in [9.17, 15) is 4.39 Å². The normalized spacial score (nSPS) is 20.0. The number of morpholine rings is 1. The molecule has 0 spiro atoms. The smallest absolute Gasteiger partial charge is 0.193 e. The average molecular weight is 509 g/mol. The molecule has 2 rings (SSSR count). The van der Waals surface area contributed by atoms with Crippen LogP contribution in [0.4, 0.5) is 4.39 Å². The minimum Gasteiger partial charge on any atom is -0.382 e. The van der Waals surface area contributed by atoms with Crippen LogP contribution in [0.1, 0.15) is 31.4 Å². The summed E-state index contributed by atoms with van der Waals surface area (Å²) < 4.78 is 29.7. The number of guanidine groups is 1. The molecule has 1 fully saturated rings. The van der Waals surface area contributed by atoms with Gasteiger partial charge in [-0.1, -0.05) is 12.1 Å². The molecule has 160 valence electrons. The van der Waals surface area contributed by atoms with Gasteiger partial charge in [-0.15, -0.1) is 24.0 Å². The lowest BCUT2D eigenvalue weighted by atomic mass is 10.1. The molecular formula is C20H33FIN3O3. The molecule has 0 bridgehead atoms. The Labute approximate surface area is 184 Å². The van der Waals surface area contributed by atoms with E-state index in [1.807, 2.05) is 6.92 Å². The molecule has 1 aromatic carbocycles. The molecule has 1 aliphatic rings. The molecular weight excluding hydrogens is 476 g/mol. The highest BCUT2D eigenvalue weighted by Crippen LogP contribution is 2.25. The highest BCUT2D eigenvalue weighted by Gasteiger charge is 2.28. The van der Waals surface area contributed by atoms with Gasteiger partial charge < -0.3 is 24.4 Å². The van der Waals surface area contributed by atoms with Gasteiger partial charge in [-0.2, -0.15) is 0 Å². The fourth-order valence-electron chi connectivity index (χ4n) is 3.09. The summed E-state index contributed by atoms with van der Waals surface area (Å²) in [4.78, 5) is 6.62. The van der Waals surface area contributed by atoms with Crippen LogP contribution in [-0.2, 0) is 14.2 Å². The molecule has 1 heterocycles. The highest BCUT2D eigenvalue weighted by molar-refractivity contribution is 14.0. The van der Waals surface area contributed by atoms with Gasteiger partial charge in [0.15, 0.2) is 5.96 Å². The number of nitrogens with zero attached hydrogens (tertiary/aromatic N) is 2. The van der Waals surface area contributed by atoms with Gasteiger partial charge in [0.1, 0.15) is 11.9 Å². The van der Waals surface area contributed by atoms with Gasteiger partial charge in [0.25, 0.3) is 0 Å². The maximum absolute atomic E-state index is 13.2. The standard InChI is InChI=1S/C20H32FN3O3.HI/c1-16-14-24(15-19(27-16)17-6-8-18(21)9-7-17)20(22-2)23-10-4-5-11-26-13-12-25-3;/h6-9,16,19H,4-5,10-15H2,1-3H3,(H,22,23);1H. The number of rotatable bonds is 9. The highest BCUT2D eigenvalue weighted by atomic mass is 127. The van der Waals surface area contributed by atoms with E-state index in [-0.39, 0.29) is 42.0 Å². The van der Waals surface area contributed by atoms with E-state index >= 15 is 0 Å². The molecule has 8 heteroatoms. The predicted octanol–water partition coefficient (Wildman–Crippen LogP) is 3.22. The quantitative estimate of drug-likeness (QED) is 0.240. The van der Waals surface area contributed by atoms with Crippen molar-refractivity contribution in [2.45, 2.75) is 32.0 Å². The minimum absolute atomic E-state index is 0. The molecule has 28 heavy (non-hydrogen) atoms. The van der Waals surface area contributed by atoms with Crippen LogP contribution in [0.25, 0.3) is 0 Å². The van der Waals surface area contributed by atoms with Gasteiger partial charge in [0, 0.05) is 33.9 Å². The fraction of sp³-hybridized carbons (Fsp3) is 0.650. The number of benzene rings is 1. The lowest BCUT2D eigenvalue weighted by Crippen LogP contribution is -2.50. The zero-order chi connectivity index (χ0) is 19.5. The molecule has 1 N–H and O–H groups in total. The first kappa shape index (κ1) is 25.1. The lowest BCUT2D eigenvalue weighted by Gasteiger charge is -2.38. The van der Waals surface area contributed by atoms with Crippen molar-refractivity contribution < 1.29 is 18.6 Å². The zero-order valence-electron chi connectivity index (χ0n) is 17.0. The molecule has 0 aliphatic carbocycles. The first-order valence-corrected chi connectivity index (χ1v) is 9.57. The van der Waals surface area contributed by atoms with Gasteiger partial charge in [-0.05, 0) is 37.5 Å². The van der Waals surface area contributed by atoms with Gasteiger partial charge in [0.2, 0.25) is 0 Å². The van der Waals surface area contributed by atoms with E-state index in [4.69, 9.17) is 14.2 Å². The van der Waals surface area contributed by atoms with E-state index in [1.165, 1.54) is 12.1 Å². The Bertz CT molecular complexity index is 574. The van der Waals surface area contributed by atoms with E-state index in [0.29, 0.717) is 19.8 Å². The van der Waals surface area contributed by atoms with Crippen LogP contribution in [0, 0.1) is 5.82 Å². The molecule has 1 aromatic rings. The van der Waals surface area contributed by atoms with Crippen LogP contribution in [0.15, 0.2) is 29.3 Å². The predicted molar refractivity (Wildman–Crippen MR) is 120 cm³/mol. The number of methoxy groups -OCH3 is 1. The summed E-state index contributed by atoms with van der Waals surface area (Å²) in [5.41, 5.74) is 0.983. The molecule has 2 atom stereocenters. The van der Waals surface area contributed by atoms with Crippen molar-refractivity contribution >= 4 is 29.9 Å². The van der Waals surface area contributed by atoms with Crippen molar-refractivity contribution in [1.82, 2.24) is 10.2 Å². The van der Waals surface area contributed by atoms with Crippen LogP contribution in [0.5, 0.6) is 0 Å². The van der Waals surface area contributed by atoms with Gasteiger partial charge >= 0.3 is 0 Å². The Kier molecular flexibility index (Phi) is 12.6. The minimum atomic E-state index is -0.233. The van der Waals surface area contributed by atoms with Crippen LogP contribution < -0.4 is 5.32 Å². The second-order valence-corrected chi connectivity index (χ2v) is 6.68. The second kappa shape index (κ2) is 14.1. The topological polar surface area (TPSA) is 55.3 Å². The third-order valence-electron chi connectivity index (χ3n) is 4.44. The largest absolute Gasteiger partial charge is 0.382 e. The average Bonchev–Trinajstić information content (AvgIpc) is 2.67.